The molecule has 0 fully saturated rings. The molecule has 0 radical (unpaired) electrons. The quantitative estimate of drug-likeness (QED) is 0.744. The Morgan fingerprint density at radius 1 is 1.58 bits per heavy atom. The molecule has 0 aliphatic heterocycles. The number of aliphatic carboxylic acids is 1. The van der Waals surface area contributed by atoms with E-state index in [-0.39, 0.29) is 17.9 Å². The standard InChI is InChI=1S/C10H13BrN2O5S/c1-18-8(3-10(14)15)5-13-19(16,17)9-2-7(11)4-12-6-9/h2,4,6,8,13H,3,5H2,1H3,(H,14,15). The van der Waals surface area contributed by atoms with Crippen LogP contribution < -0.4 is 4.72 Å². The molecule has 1 rings (SSSR count). The molecule has 0 saturated heterocycles. The van der Waals surface area contributed by atoms with Crippen molar-refractivity contribution in [3.63, 3.8) is 0 Å². The Labute approximate surface area is 119 Å². The van der Waals surface area contributed by atoms with E-state index < -0.39 is 22.1 Å². The van der Waals surface area contributed by atoms with E-state index in [9.17, 15) is 13.2 Å². The molecule has 9 heteroatoms. The Morgan fingerprint density at radius 3 is 2.79 bits per heavy atom. The normalized spacial score (nSPS) is 13.2. The van der Waals surface area contributed by atoms with Crippen LogP contribution in [-0.2, 0) is 19.6 Å². The molecule has 0 aliphatic rings. The SMILES string of the molecule is COC(CNS(=O)(=O)c1cncc(Br)c1)CC(=O)O. The Morgan fingerprint density at radius 2 is 2.26 bits per heavy atom. The lowest BCUT2D eigenvalue weighted by Crippen LogP contribution is -2.34. The maximum Gasteiger partial charge on any atom is 0.306 e. The second kappa shape index (κ2) is 6.94. The molecule has 7 nitrogen and oxygen atoms in total. The summed E-state index contributed by atoms with van der Waals surface area (Å²) in [4.78, 5) is 14.3. The van der Waals surface area contributed by atoms with E-state index in [1.165, 1.54) is 25.6 Å². The number of nitrogens with zero attached hydrogens (tertiary/aromatic N) is 1. The molecule has 0 bridgehead atoms. The van der Waals surface area contributed by atoms with Gasteiger partial charge in [-0.2, -0.15) is 0 Å². The van der Waals surface area contributed by atoms with Crippen LogP contribution in [-0.4, -0.2) is 44.2 Å². The summed E-state index contributed by atoms with van der Waals surface area (Å²) < 4.78 is 31.5. The topological polar surface area (TPSA) is 106 Å². The van der Waals surface area contributed by atoms with Crippen molar-refractivity contribution in [2.45, 2.75) is 17.4 Å². The second-order valence-electron chi connectivity index (χ2n) is 3.65. The Bertz CT molecular complexity index is 549. The van der Waals surface area contributed by atoms with Gasteiger partial charge in [-0.25, -0.2) is 13.1 Å². The molecule has 19 heavy (non-hydrogen) atoms. The number of ether oxygens (including phenoxy) is 1. The summed E-state index contributed by atoms with van der Waals surface area (Å²) >= 11 is 3.12. The van der Waals surface area contributed by atoms with E-state index in [1.807, 2.05) is 0 Å². The van der Waals surface area contributed by atoms with Crippen LogP contribution in [0.5, 0.6) is 0 Å². The minimum atomic E-state index is -3.74. The number of pyridine rings is 1. The lowest BCUT2D eigenvalue weighted by molar-refractivity contribution is -0.139. The maximum atomic E-state index is 11.9. The first-order valence-corrected chi connectivity index (χ1v) is 7.47. The molecule has 0 saturated carbocycles. The summed E-state index contributed by atoms with van der Waals surface area (Å²) in [6, 6.07) is 1.40. The molecular weight excluding hydrogens is 340 g/mol. The van der Waals surface area contributed by atoms with Crippen molar-refractivity contribution in [1.29, 1.82) is 0 Å². The van der Waals surface area contributed by atoms with Crippen LogP contribution in [0.25, 0.3) is 0 Å². The van der Waals surface area contributed by atoms with Crippen molar-refractivity contribution in [3.8, 4) is 0 Å². The fourth-order valence-corrected chi connectivity index (χ4v) is 2.83. The number of aromatic nitrogens is 1. The molecule has 1 aromatic heterocycles. The number of carboxylic acid groups (broad SMARTS) is 1. The summed E-state index contributed by atoms with van der Waals surface area (Å²) in [6.07, 6.45) is 1.65. The third-order valence-electron chi connectivity index (χ3n) is 2.23. The highest BCUT2D eigenvalue weighted by Crippen LogP contribution is 2.14. The van der Waals surface area contributed by atoms with Gasteiger partial charge >= 0.3 is 5.97 Å². The van der Waals surface area contributed by atoms with E-state index in [0.29, 0.717) is 4.47 Å². The Balaban J connectivity index is 2.72. The van der Waals surface area contributed by atoms with Crippen LogP contribution in [0.3, 0.4) is 0 Å². The largest absolute Gasteiger partial charge is 0.481 e. The highest BCUT2D eigenvalue weighted by atomic mass is 79.9. The number of carbonyl (C=O) groups is 1. The number of methoxy groups -OCH3 is 1. The molecular formula is C10H13BrN2O5S. The summed E-state index contributed by atoms with van der Waals surface area (Å²) in [5.41, 5.74) is 0. The predicted molar refractivity (Wildman–Crippen MR) is 70.2 cm³/mol. The number of rotatable bonds is 7. The Kier molecular flexibility index (Phi) is 5.85. The van der Waals surface area contributed by atoms with Crippen LogP contribution in [0.2, 0.25) is 0 Å². The first-order chi connectivity index (χ1) is 8.85. The highest BCUT2D eigenvalue weighted by Gasteiger charge is 2.19. The number of sulfonamides is 1. The lowest BCUT2D eigenvalue weighted by atomic mass is 10.2. The van der Waals surface area contributed by atoms with E-state index in [4.69, 9.17) is 9.84 Å². The van der Waals surface area contributed by atoms with Gasteiger partial charge in [0.2, 0.25) is 10.0 Å². The minimum absolute atomic E-state index is 0.00736. The first-order valence-electron chi connectivity index (χ1n) is 5.20. The van der Waals surface area contributed by atoms with Crippen molar-refractivity contribution in [3.05, 3.63) is 22.9 Å². The molecule has 1 atom stereocenters. The van der Waals surface area contributed by atoms with Crippen LogP contribution >= 0.6 is 15.9 Å². The van der Waals surface area contributed by atoms with Gasteiger partial charge in [0, 0.05) is 30.5 Å². The van der Waals surface area contributed by atoms with E-state index in [2.05, 4.69) is 25.6 Å². The van der Waals surface area contributed by atoms with Gasteiger partial charge in [-0.3, -0.25) is 9.78 Å². The first kappa shape index (κ1) is 16.0. The fourth-order valence-electron chi connectivity index (χ4n) is 1.26. The van der Waals surface area contributed by atoms with Crippen molar-refractivity contribution < 1.29 is 23.1 Å². The van der Waals surface area contributed by atoms with Gasteiger partial charge in [-0.1, -0.05) is 0 Å². The van der Waals surface area contributed by atoms with Gasteiger partial charge in [0.25, 0.3) is 0 Å². The number of nitrogens with one attached hydrogen (secondary N) is 1. The van der Waals surface area contributed by atoms with E-state index >= 15 is 0 Å². The van der Waals surface area contributed by atoms with E-state index in [0.717, 1.165) is 0 Å². The third-order valence-corrected chi connectivity index (χ3v) is 4.05. The number of hydrogen-bond donors (Lipinski definition) is 2. The minimum Gasteiger partial charge on any atom is -0.481 e. The zero-order valence-electron chi connectivity index (χ0n) is 10.0. The van der Waals surface area contributed by atoms with Gasteiger partial charge in [-0.15, -0.1) is 0 Å². The average Bonchev–Trinajstić information content (AvgIpc) is 2.34. The summed E-state index contributed by atoms with van der Waals surface area (Å²) in [5.74, 6) is -1.06. The molecule has 1 aromatic rings. The Hall–Kier alpha value is -1.03. The molecule has 0 amide bonds. The van der Waals surface area contributed by atoms with Crippen LogP contribution in [0, 0.1) is 0 Å². The van der Waals surface area contributed by atoms with Crippen molar-refractivity contribution in [1.82, 2.24) is 9.71 Å². The van der Waals surface area contributed by atoms with Crippen molar-refractivity contribution >= 4 is 31.9 Å². The zero-order chi connectivity index (χ0) is 14.5. The van der Waals surface area contributed by atoms with Gasteiger partial charge in [-0.05, 0) is 22.0 Å². The van der Waals surface area contributed by atoms with Crippen LogP contribution in [0.1, 0.15) is 6.42 Å². The average molecular weight is 353 g/mol. The maximum absolute atomic E-state index is 11.9. The molecule has 106 valence electrons. The van der Waals surface area contributed by atoms with Crippen molar-refractivity contribution in [2.24, 2.45) is 0 Å². The van der Waals surface area contributed by atoms with E-state index in [1.54, 1.807) is 0 Å². The summed E-state index contributed by atoms with van der Waals surface area (Å²) in [7, 11) is -2.42. The van der Waals surface area contributed by atoms with Gasteiger partial charge in [0.05, 0.1) is 12.5 Å². The molecule has 0 spiro atoms. The lowest BCUT2D eigenvalue weighted by Gasteiger charge is -2.14. The second-order valence-corrected chi connectivity index (χ2v) is 6.33. The zero-order valence-corrected chi connectivity index (χ0v) is 12.4. The third kappa shape index (κ3) is 5.23. The monoisotopic (exact) mass is 352 g/mol. The molecule has 2 N–H and O–H groups in total. The van der Waals surface area contributed by atoms with Crippen LogP contribution in [0.15, 0.2) is 27.8 Å². The smallest absolute Gasteiger partial charge is 0.306 e. The molecule has 0 aromatic carbocycles. The fraction of sp³-hybridized carbons (Fsp3) is 0.400. The van der Waals surface area contributed by atoms with Gasteiger partial charge in [0.1, 0.15) is 4.90 Å². The van der Waals surface area contributed by atoms with Crippen LogP contribution in [0.4, 0.5) is 0 Å². The predicted octanol–water partition coefficient (Wildman–Crippen LogP) is 0.612. The highest BCUT2D eigenvalue weighted by molar-refractivity contribution is 9.10. The molecule has 0 aliphatic carbocycles. The summed E-state index contributed by atoms with van der Waals surface area (Å²) in [5, 5.41) is 8.62. The van der Waals surface area contributed by atoms with Crippen molar-refractivity contribution in [2.75, 3.05) is 13.7 Å². The number of halogens is 1. The van der Waals surface area contributed by atoms with Gasteiger partial charge in [0.15, 0.2) is 0 Å². The number of carboxylic acids is 1. The number of hydrogen-bond acceptors (Lipinski definition) is 5. The molecule has 1 unspecified atom stereocenters. The van der Waals surface area contributed by atoms with Gasteiger partial charge < -0.3 is 9.84 Å². The summed E-state index contributed by atoms with van der Waals surface area (Å²) in [6.45, 7) is -0.127. The molecule has 1 heterocycles.